The maximum atomic E-state index is 5.03. The lowest BCUT2D eigenvalue weighted by Gasteiger charge is -2.39. The lowest BCUT2D eigenvalue weighted by molar-refractivity contribution is 0.308. The van der Waals surface area contributed by atoms with Gasteiger partial charge in [-0.05, 0) is 43.8 Å². The summed E-state index contributed by atoms with van der Waals surface area (Å²) in [4.78, 5) is 7.23. The van der Waals surface area contributed by atoms with E-state index in [0.29, 0.717) is 17.8 Å². The number of hydrogen-bond donors (Lipinski definition) is 0. The molecule has 0 aromatic rings. The maximum absolute atomic E-state index is 5.03. The molecule has 0 spiro atoms. The predicted molar refractivity (Wildman–Crippen MR) is 95.3 cm³/mol. The van der Waals surface area contributed by atoms with E-state index in [1.165, 1.54) is 12.1 Å². The van der Waals surface area contributed by atoms with Crippen LogP contribution in [0.2, 0.25) is 0 Å². The van der Waals surface area contributed by atoms with Gasteiger partial charge in [0.15, 0.2) is 0 Å². The molecule has 3 aliphatic rings. The van der Waals surface area contributed by atoms with Gasteiger partial charge >= 0.3 is 0 Å². The second-order valence-corrected chi connectivity index (χ2v) is 8.43. The first-order valence-corrected chi connectivity index (χ1v) is 8.54. The first-order valence-electron chi connectivity index (χ1n) is 8.54. The van der Waals surface area contributed by atoms with E-state index >= 15 is 0 Å². The highest BCUT2D eigenvalue weighted by atomic mass is 15.1. The molecule has 1 saturated carbocycles. The summed E-state index contributed by atoms with van der Waals surface area (Å²) in [5, 5.41) is 0. The topological polar surface area (TPSA) is 15.6 Å². The minimum absolute atomic E-state index is 0.0638. The van der Waals surface area contributed by atoms with Crippen LogP contribution >= 0.6 is 0 Å². The van der Waals surface area contributed by atoms with Gasteiger partial charge in [0.25, 0.3) is 0 Å². The molecule has 3 rings (SSSR count). The predicted octanol–water partition coefficient (Wildman–Crippen LogP) is 3.97. The number of likely N-dealkylation sites (N-methyl/N-ethyl adjacent to an activating group) is 1. The second-order valence-electron chi connectivity index (χ2n) is 8.43. The Kier molecular flexibility index (Phi) is 3.71. The van der Waals surface area contributed by atoms with Crippen molar-refractivity contribution in [3.8, 4) is 0 Å². The molecule has 0 aliphatic heterocycles. The Morgan fingerprint density at radius 3 is 2.68 bits per heavy atom. The molecule has 0 saturated heterocycles. The van der Waals surface area contributed by atoms with E-state index in [0.717, 1.165) is 13.1 Å². The Labute approximate surface area is 135 Å². The Hall–Kier alpha value is -1.15. The van der Waals surface area contributed by atoms with Gasteiger partial charge in [0.2, 0.25) is 0 Å². The second kappa shape index (κ2) is 5.19. The molecule has 4 unspecified atom stereocenters. The highest BCUT2D eigenvalue weighted by Crippen LogP contribution is 2.65. The molecule has 22 heavy (non-hydrogen) atoms. The van der Waals surface area contributed by atoms with E-state index in [9.17, 15) is 0 Å². The first kappa shape index (κ1) is 15.7. The zero-order chi connectivity index (χ0) is 16.1. The number of aliphatic imine (C=N–C) groups is 1. The van der Waals surface area contributed by atoms with E-state index < -0.39 is 0 Å². The molecule has 2 nitrogen and oxygen atoms in total. The third-order valence-corrected chi connectivity index (χ3v) is 5.78. The van der Waals surface area contributed by atoms with Gasteiger partial charge in [0.05, 0.1) is 6.54 Å². The highest BCUT2D eigenvalue weighted by Gasteiger charge is 2.61. The van der Waals surface area contributed by atoms with Gasteiger partial charge < -0.3 is 4.90 Å². The summed E-state index contributed by atoms with van der Waals surface area (Å²) in [6.45, 7) is 13.1. The minimum Gasteiger partial charge on any atom is -0.308 e. The quantitative estimate of drug-likeness (QED) is 0.717. The fourth-order valence-electron chi connectivity index (χ4n) is 4.73. The summed E-state index contributed by atoms with van der Waals surface area (Å²) in [7, 11) is 4.22. The van der Waals surface area contributed by atoms with Crippen molar-refractivity contribution in [1.82, 2.24) is 4.90 Å². The Morgan fingerprint density at radius 2 is 2.09 bits per heavy atom. The molecular formula is C20H30N2. The number of nitrogens with zero attached hydrogens (tertiary/aromatic N) is 2. The van der Waals surface area contributed by atoms with Crippen molar-refractivity contribution in [2.75, 3.05) is 27.2 Å². The van der Waals surface area contributed by atoms with Crippen LogP contribution in [-0.2, 0) is 0 Å². The van der Waals surface area contributed by atoms with Crippen LogP contribution in [0.5, 0.6) is 0 Å². The van der Waals surface area contributed by atoms with Crippen LogP contribution in [0, 0.1) is 28.6 Å². The zero-order valence-electron chi connectivity index (χ0n) is 14.8. The van der Waals surface area contributed by atoms with Gasteiger partial charge in [-0.3, -0.25) is 4.99 Å². The molecule has 0 aromatic heterocycles. The van der Waals surface area contributed by atoms with Crippen LogP contribution in [0.4, 0.5) is 0 Å². The van der Waals surface area contributed by atoms with E-state index in [1.54, 1.807) is 5.57 Å². The number of rotatable bonds is 4. The summed E-state index contributed by atoms with van der Waals surface area (Å²) >= 11 is 0. The third kappa shape index (κ3) is 2.15. The smallest absolute Gasteiger partial charge is 0.0520 e. The standard InChI is InChI=1S/C20H30N2/c1-7-20-15-9-8-14(12-15)18(20)16(19(2,3)4)13-17(20)21-10-11-22(5)6/h7-9,13-15,18H,1,10-12H2,2-6H3. The van der Waals surface area contributed by atoms with Gasteiger partial charge in [0, 0.05) is 23.6 Å². The SMILES string of the molecule is C=CC12C(=NCCN(C)C)C=C(C(C)(C)C)C1C1C=CC2C1. The molecule has 0 amide bonds. The molecular weight excluding hydrogens is 268 g/mol. The maximum Gasteiger partial charge on any atom is 0.0520 e. The van der Waals surface area contributed by atoms with Gasteiger partial charge in [-0.2, -0.15) is 0 Å². The Morgan fingerprint density at radius 1 is 1.36 bits per heavy atom. The van der Waals surface area contributed by atoms with E-state index in [-0.39, 0.29) is 10.8 Å². The van der Waals surface area contributed by atoms with Crippen molar-refractivity contribution >= 4 is 5.71 Å². The molecule has 4 atom stereocenters. The summed E-state index contributed by atoms with van der Waals surface area (Å²) in [6, 6.07) is 0. The third-order valence-electron chi connectivity index (χ3n) is 5.78. The summed E-state index contributed by atoms with van der Waals surface area (Å²) in [5.74, 6) is 1.85. The normalized spacial score (nSPS) is 38.0. The summed E-state index contributed by atoms with van der Waals surface area (Å²) < 4.78 is 0. The van der Waals surface area contributed by atoms with Gasteiger partial charge in [0.1, 0.15) is 0 Å². The van der Waals surface area contributed by atoms with Crippen LogP contribution in [0.1, 0.15) is 27.2 Å². The molecule has 0 aromatic carbocycles. The molecule has 2 bridgehead atoms. The van der Waals surface area contributed by atoms with Gasteiger partial charge in [-0.25, -0.2) is 0 Å². The minimum atomic E-state index is 0.0638. The van der Waals surface area contributed by atoms with Crippen molar-refractivity contribution < 1.29 is 0 Å². The van der Waals surface area contributed by atoms with Crippen LogP contribution < -0.4 is 0 Å². The largest absolute Gasteiger partial charge is 0.308 e. The lowest BCUT2D eigenvalue weighted by atomic mass is 9.64. The molecule has 0 radical (unpaired) electrons. The van der Waals surface area contributed by atoms with Crippen molar-refractivity contribution in [2.24, 2.45) is 33.6 Å². The average Bonchev–Trinajstić information content (AvgIpc) is 3.07. The number of allylic oxidation sites excluding steroid dienone is 5. The molecule has 2 heteroatoms. The fourth-order valence-corrected chi connectivity index (χ4v) is 4.73. The molecule has 120 valence electrons. The van der Waals surface area contributed by atoms with Crippen LogP contribution in [0.15, 0.2) is 41.4 Å². The summed E-state index contributed by atoms with van der Waals surface area (Å²) in [6.07, 6.45) is 10.8. The molecule has 3 aliphatic carbocycles. The van der Waals surface area contributed by atoms with E-state index in [4.69, 9.17) is 4.99 Å². The van der Waals surface area contributed by atoms with E-state index in [2.05, 4.69) is 70.6 Å². The number of hydrogen-bond acceptors (Lipinski definition) is 2. The highest BCUT2D eigenvalue weighted by molar-refractivity contribution is 6.06. The summed E-state index contributed by atoms with van der Waals surface area (Å²) in [5.41, 5.74) is 3.13. The lowest BCUT2D eigenvalue weighted by Crippen LogP contribution is -2.37. The van der Waals surface area contributed by atoms with Gasteiger partial charge in [-0.15, -0.1) is 6.58 Å². The zero-order valence-corrected chi connectivity index (χ0v) is 14.8. The first-order chi connectivity index (χ1) is 10.3. The average molecular weight is 298 g/mol. The fraction of sp³-hybridized carbons (Fsp3) is 0.650. The van der Waals surface area contributed by atoms with Gasteiger partial charge in [-0.1, -0.05) is 44.6 Å². The van der Waals surface area contributed by atoms with Crippen molar-refractivity contribution in [3.63, 3.8) is 0 Å². The Bertz CT molecular complexity index is 559. The van der Waals surface area contributed by atoms with Crippen LogP contribution in [-0.4, -0.2) is 37.8 Å². The van der Waals surface area contributed by atoms with Crippen molar-refractivity contribution in [3.05, 3.63) is 36.5 Å². The number of fused-ring (bicyclic) bond motifs is 5. The molecule has 1 fully saturated rings. The van der Waals surface area contributed by atoms with Crippen molar-refractivity contribution in [2.45, 2.75) is 27.2 Å². The molecule has 0 N–H and O–H groups in total. The monoisotopic (exact) mass is 298 g/mol. The van der Waals surface area contributed by atoms with E-state index in [1.807, 2.05) is 0 Å². The van der Waals surface area contributed by atoms with Crippen LogP contribution in [0.3, 0.4) is 0 Å². The Balaban J connectivity index is 2.02. The van der Waals surface area contributed by atoms with Crippen LogP contribution in [0.25, 0.3) is 0 Å². The van der Waals surface area contributed by atoms with Crippen molar-refractivity contribution in [1.29, 1.82) is 0 Å². The molecule has 0 heterocycles.